The Balaban J connectivity index is 1.85. The number of benzene rings is 2. The Morgan fingerprint density at radius 1 is 1.04 bits per heavy atom. The monoisotopic (exact) mass is 386 g/mol. The Kier molecular flexibility index (Phi) is 5.04. The Morgan fingerprint density at radius 3 is 2.33 bits per heavy atom. The summed E-state index contributed by atoms with van der Waals surface area (Å²) in [6.07, 6.45) is 1.84. The first-order valence-electron chi connectivity index (χ1n) is 9.11. The van der Waals surface area contributed by atoms with Crippen LogP contribution < -0.4 is 10.0 Å². The Labute approximate surface area is 161 Å². The van der Waals surface area contributed by atoms with Gasteiger partial charge in [0, 0.05) is 11.6 Å². The number of hydrogen-bond donors (Lipinski definition) is 2. The van der Waals surface area contributed by atoms with Crippen molar-refractivity contribution in [3.05, 3.63) is 53.6 Å². The van der Waals surface area contributed by atoms with Gasteiger partial charge in [0.1, 0.15) is 0 Å². The quantitative estimate of drug-likeness (QED) is 0.797. The zero-order valence-electron chi connectivity index (χ0n) is 16.2. The van der Waals surface area contributed by atoms with Gasteiger partial charge in [0.25, 0.3) is 10.0 Å². The summed E-state index contributed by atoms with van der Waals surface area (Å²) in [5, 5.41) is 2.84. The number of carbonyl (C=O) groups excluding carboxylic acids is 1. The minimum absolute atomic E-state index is 0.0104. The number of carbonyl (C=O) groups is 1. The molecular weight excluding hydrogens is 360 g/mol. The molecule has 2 aromatic carbocycles. The minimum atomic E-state index is -3.74. The molecule has 2 N–H and O–H groups in total. The summed E-state index contributed by atoms with van der Waals surface area (Å²) in [6.45, 7) is 7.93. The number of anilines is 2. The van der Waals surface area contributed by atoms with Gasteiger partial charge < -0.3 is 5.32 Å². The predicted molar refractivity (Wildman–Crippen MR) is 108 cm³/mol. The van der Waals surface area contributed by atoms with Gasteiger partial charge >= 0.3 is 0 Å². The van der Waals surface area contributed by atoms with E-state index in [1.54, 1.807) is 37.3 Å². The Morgan fingerprint density at radius 2 is 1.70 bits per heavy atom. The molecule has 1 fully saturated rings. The van der Waals surface area contributed by atoms with E-state index < -0.39 is 10.0 Å². The second kappa shape index (κ2) is 7.00. The predicted octanol–water partition coefficient (Wildman–Crippen LogP) is 4.44. The molecule has 1 aliphatic carbocycles. The van der Waals surface area contributed by atoms with Gasteiger partial charge in [0.05, 0.1) is 10.6 Å². The summed E-state index contributed by atoms with van der Waals surface area (Å²) in [4.78, 5) is 12.2. The van der Waals surface area contributed by atoms with E-state index in [9.17, 15) is 13.2 Å². The van der Waals surface area contributed by atoms with E-state index in [1.807, 2.05) is 32.9 Å². The molecule has 1 amide bonds. The molecule has 0 heterocycles. The molecule has 0 bridgehead atoms. The van der Waals surface area contributed by atoms with Crippen molar-refractivity contribution in [2.75, 3.05) is 10.0 Å². The normalized spacial score (nSPS) is 14.7. The highest BCUT2D eigenvalue weighted by atomic mass is 32.2. The van der Waals surface area contributed by atoms with Gasteiger partial charge in [-0.15, -0.1) is 0 Å². The zero-order chi connectivity index (χ0) is 19.8. The number of amides is 1. The van der Waals surface area contributed by atoms with Crippen molar-refractivity contribution in [3.63, 3.8) is 0 Å². The average Bonchev–Trinajstić information content (AvgIpc) is 3.38. The first kappa shape index (κ1) is 19.4. The number of sulfonamides is 1. The van der Waals surface area contributed by atoms with E-state index in [1.165, 1.54) is 0 Å². The number of hydrogen-bond acceptors (Lipinski definition) is 3. The van der Waals surface area contributed by atoms with Crippen molar-refractivity contribution in [2.24, 2.45) is 5.92 Å². The van der Waals surface area contributed by atoms with Crippen LogP contribution in [-0.4, -0.2) is 14.3 Å². The van der Waals surface area contributed by atoms with E-state index in [-0.39, 0.29) is 22.1 Å². The van der Waals surface area contributed by atoms with Gasteiger partial charge in [-0.1, -0.05) is 39.0 Å². The largest absolute Gasteiger partial charge is 0.326 e. The van der Waals surface area contributed by atoms with Gasteiger partial charge in [0.2, 0.25) is 5.91 Å². The topological polar surface area (TPSA) is 75.3 Å². The first-order chi connectivity index (χ1) is 12.6. The molecule has 0 saturated heterocycles. The Hall–Kier alpha value is -2.34. The fourth-order valence-electron chi connectivity index (χ4n) is 2.82. The maximum Gasteiger partial charge on any atom is 0.262 e. The second-order valence-corrected chi connectivity index (χ2v) is 9.83. The zero-order valence-corrected chi connectivity index (χ0v) is 17.0. The van der Waals surface area contributed by atoms with Crippen molar-refractivity contribution in [2.45, 2.75) is 50.8 Å². The lowest BCUT2D eigenvalue weighted by atomic mass is 9.87. The van der Waals surface area contributed by atoms with E-state index in [0.717, 1.165) is 18.4 Å². The molecule has 0 radical (unpaired) electrons. The molecule has 1 aliphatic rings. The summed E-state index contributed by atoms with van der Waals surface area (Å²) < 4.78 is 28.5. The highest BCUT2D eigenvalue weighted by Gasteiger charge is 2.29. The summed E-state index contributed by atoms with van der Waals surface area (Å²) in [7, 11) is -3.74. The molecule has 1 saturated carbocycles. The molecule has 6 heteroatoms. The average molecular weight is 387 g/mol. The van der Waals surface area contributed by atoms with Crippen molar-refractivity contribution in [3.8, 4) is 0 Å². The van der Waals surface area contributed by atoms with Crippen molar-refractivity contribution >= 4 is 27.3 Å². The van der Waals surface area contributed by atoms with Crippen LogP contribution in [0.5, 0.6) is 0 Å². The lowest BCUT2D eigenvalue weighted by Crippen LogP contribution is -2.18. The molecule has 0 aromatic heterocycles. The number of aryl methyl sites for hydroxylation is 1. The second-order valence-electron chi connectivity index (χ2n) is 8.18. The fraction of sp³-hybridized carbons (Fsp3) is 0.381. The molecule has 144 valence electrons. The maximum absolute atomic E-state index is 13.0. The van der Waals surface area contributed by atoms with Crippen LogP contribution >= 0.6 is 0 Å². The summed E-state index contributed by atoms with van der Waals surface area (Å²) in [6, 6.07) is 12.3. The molecule has 3 rings (SSSR count). The molecular formula is C21H26N2O3S. The van der Waals surface area contributed by atoms with Crippen LogP contribution in [0, 0.1) is 12.8 Å². The van der Waals surface area contributed by atoms with E-state index in [4.69, 9.17) is 0 Å². The third-order valence-electron chi connectivity index (χ3n) is 4.67. The third kappa shape index (κ3) is 4.69. The highest BCUT2D eigenvalue weighted by Crippen LogP contribution is 2.31. The van der Waals surface area contributed by atoms with E-state index >= 15 is 0 Å². The summed E-state index contributed by atoms with van der Waals surface area (Å²) in [5.74, 6) is 0.0804. The number of nitrogens with one attached hydrogen (secondary N) is 2. The smallest absolute Gasteiger partial charge is 0.262 e. The standard InChI is InChI=1S/C21H26N2O3S/c1-14-8-11-16(21(2,3)4)12-19(14)27(25,26)23-18-7-5-6-17(13-18)22-20(24)15-9-10-15/h5-8,11-13,15,23H,9-10H2,1-4H3,(H,22,24). The van der Waals surface area contributed by atoms with Crippen LogP contribution in [0.15, 0.2) is 47.4 Å². The van der Waals surface area contributed by atoms with Crippen LogP contribution in [0.25, 0.3) is 0 Å². The molecule has 27 heavy (non-hydrogen) atoms. The summed E-state index contributed by atoms with van der Waals surface area (Å²) >= 11 is 0. The molecule has 0 unspecified atom stereocenters. The van der Waals surface area contributed by atoms with Gasteiger partial charge in [-0.3, -0.25) is 9.52 Å². The third-order valence-corrected chi connectivity index (χ3v) is 6.20. The van der Waals surface area contributed by atoms with Crippen LogP contribution in [-0.2, 0) is 20.2 Å². The Bertz CT molecular complexity index is 971. The van der Waals surface area contributed by atoms with E-state index in [2.05, 4.69) is 10.0 Å². The van der Waals surface area contributed by atoms with E-state index in [0.29, 0.717) is 16.9 Å². The minimum Gasteiger partial charge on any atom is -0.326 e. The SMILES string of the molecule is Cc1ccc(C(C)(C)C)cc1S(=O)(=O)Nc1cccc(NC(=O)C2CC2)c1. The van der Waals surface area contributed by atoms with Gasteiger partial charge in [-0.2, -0.15) is 0 Å². The van der Waals surface area contributed by atoms with Crippen molar-refractivity contribution in [1.82, 2.24) is 0 Å². The molecule has 0 spiro atoms. The van der Waals surface area contributed by atoms with Crippen LogP contribution in [0.2, 0.25) is 0 Å². The van der Waals surface area contributed by atoms with Crippen LogP contribution in [0.4, 0.5) is 11.4 Å². The molecule has 2 aromatic rings. The molecule has 0 atom stereocenters. The van der Waals surface area contributed by atoms with Crippen LogP contribution in [0.3, 0.4) is 0 Å². The fourth-order valence-corrected chi connectivity index (χ4v) is 4.14. The maximum atomic E-state index is 13.0. The van der Waals surface area contributed by atoms with Crippen molar-refractivity contribution in [1.29, 1.82) is 0 Å². The van der Waals surface area contributed by atoms with Gasteiger partial charge in [-0.05, 0) is 60.6 Å². The first-order valence-corrected chi connectivity index (χ1v) is 10.6. The van der Waals surface area contributed by atoms with Crippen LogP contribution in [0.1, 0.15) is 44.7 Å². The highest BCUT2D eigenvalue weighted by molar-refractivity contribution is 7.92. The molecule has 0 aliphatic heterocycles. The van der Waals surface area contributed by atoms with Crippen molar-refractivity contribution < 1.29 is 13.2 Å². The number of rotatable bonds is 5. The van der Waals surface area contributed by atoms with Gasteiger partial charge in [0.15, 0.2) is 0 Å². The molecule has 5 nitrogen and oxygen atoms in total. The summed E-state index contributed by atoms with van der Waals surface area (Å²) in [5.41, 5.74) is 2.51. The lowest BCUT2D eigenvalue weighted by molar-refractivity contribution is -0.117. The van der Waals surface area contributed by atoms with Gasteiger partial charge in [-0.25, -0.2) is 8.42 Å². The lowest BCUT2D eigenvalue weighted by Gasteiger charge is -2.21.